The highest BCUT2D eigenvalue weighted by Crippen LogP contribution is 2.30. The second-order valence-corrected chi connectivity index (χ2v) is 8.29. The third kappa shape index (κ3) is 5.76. The van der Waals surface area contributed by atoms with Gasteiger partial charge in [-0.15, -0.1) is 0 Å². The number of methoxy groups -OCH3 is 1. The number of carbonyl (C=O) groups excluding carboxylic acids is 3. The predicted molar refractivity (Wildman–Crippen MR) is 123 cm³/mol. The van der Waals surface area contributed by atoms with Crippen LogP contribution in [0.4, 0.5) is 11.5 Å². The van der Waals surface area contributed by atoms with E-state index in [1.807, 2.05) is 0 Å². The maximum Gasteiger partial charge on any atom is 0.259 e. The van der Waals surface area contributed by atoms with Gasteiger partial charge in [0.15, 0.2) is 0 Å². The molecule has 2 N–H and O–H groups in total. The van der Waals surface area contributed by atoms with Gasteiger partial charge < -0.3 is 20.3 Å². The fourth-order valence-electron chi connectivity index (χ4n) is 3.80. The number of anilines is 2. The van der Waals surface area contributed by atoms with E-state index in [1.165, 1.54) is 13.3 Å². The third-order valence-electron chi connectivity index (χ3n) is 5.81. The largest absolute Gasteiger partial charge is 0.497 e. The summed E-state index contributed by atoms with van der Waals surface area (Å²) in [5.74, 6) is 0.112. The quantitative estimate of drug-likeness (QED) is 0.682. The number of ether oxygens (including phenoxy) is 1. The lowest BCUT2D eigenvalue weighted by Crippen LogP contribution is -2.40. The average Bonchev–Trinajstić information content (AvgIpc) is 2.80. The molecule has 0 unspecified atom stereocenters. The van der Waals surface area contributed by atoms with Crippen LogP contribution in [0, 0.1) is 5.92 Å². The van der Waals surface area contributed by atoms with Crippen molar-refractivity contribution < 1.29 is 19.1 Å². The number of carbonyl (C=O) groups is 3. The van der Waals surface area contributed by atoms with E-state index in [9.17, 15) is 14.4 Å². The molecule has 1 aromatic heterocycles. The minimum Gasteiger partial charge on any atom is -0.497 e. The molecule has 0 aliphatic heterocycles. The number of rotatable bonds is 6. The summed E-state index contributed by atoms with van der Waals surface area (Å²) in [6, 6.07) is 8.28. The molecule has 32 heavy (non-hydrogen) atoms. The monoisotopic (exact) mass is 458 g/mol. The number of pyridine rings is 1. The van der Waals surface area contributed by atoms with Gasteiger partial charge >= 0.3 is 0 Å². The van der Waals surface area contributed by atoms with Crippen LogP contribution in [0.5, 0.6) is 5.75 Å². The molecule has 3 rings (SSSR count). The number of aromatic nitrogens is 1. The van der Waals surface area contributed by atoms with Gasteiger partial charge in [0.2, 0.25) is 11.8 Å². The Morgan fingerprint density at radius 2 is 1.81 bits per heavy atom. The van der Waals surface area contributed by atoms with Crippen LogP contribution in [0.25, 0.3) is 0 Å². The van der Waals surface area contributed by atoms with Crippen LogP contribution < -0.4 is 15.4 Å². The molecule has 0 radical (unpaired) electrons. The summed E-state index contributed by atoms with van der Waals surface area (Å²) >= 11 is 5.84. The Morgan fingerprint density at radius 1 is 1.09 bits per heavy atom. The Labute approximate surface area is 192 Å². The van der Waals surface area contributed by atoms with Crippen LogP contribution in [0.1, 0.15) is 43.0 Å². The molecule has 170 valence electrons. The maximum atomic E-state index is 12.9. The van der Waals surface area contributed by atoms with E-state index in [2.05, 4.69) is 15.6 Å². The summed E-state index contributed by atoms with van der Waals surface area (Å²) in [4.78, 5) is 43.2. The topological polar surface area (TPSA) is 101 Å². The van der Waals surface area contributed by atoms with Crippen molar-refractivity contribution in [2.75, 3.05) is 24.8 Å². The molecule has 0 atom stereocenters. The van der Waals surface area contributed by atoms with Crippen LogP contribution in [0.2, 0.25) is 5.02 Å². The van der Waals surface area contributed by atoms with Gasteiger partial charge in [-0.25, -0.2) is 4.98 Å². The molecule has 9 heteroatoms. The summed E-state index contributed by atoms with van der Waals surface area (Å²) in [5.41, 5.74) is 0.657. The van der Waals surface area contributed by atoms with Gasteiger partial charge in [0.25, 0.3) is 5.91 Å². The molecular formula is C23H27ClN4O4. The fraction of sp³-hybridized carbons (Fsp3) is 0.391. The maximum absolute atomic E-state index is 12.9. The molecule has 1 aromatic carbocycles. The minimum atomic E-state index is -0.430. The second-order valence-electron chi connectivity index (χ2n) is 7.85. The number of benzene rings is 1. The molecule has 0 spiro atoms. The Bertz CT molecular complexity index is 988. The van der Waals surface area contributed by atoms with Gasteiger partial charge in [-0.1, -0.05) is 11.6 Å². The minimum absolute atomic E-state index is 0.0296. The first-order valence-electron chi connectivity index (χ1n) is 10.4. The van der Waals surface area contributed by atoms with Crippen molar-refractivity contribution in [3.05, 3.63) is 47.1 Å². The van der Waals surface area contributed by atoms with E-state index in [-0.39, 0.29) is 29.3 Å². The average molecular weight is 459 g/mol. The van der Waals surface area contributed by atoms with Crippen molar-refractivity contribution >= 4 is 40.8 Å². The smallest absolute Gasteiger partial charge is 0.259 e. The third-order valence-corrected chi connectivity index (χ3v) is 6.03. The lowest BCUT2D eigenvalue weighted by atomic mass is 9.84. The molecule has 1 aliphatic rings. The van der Waals surface area contributed by atoms with E-state index < -0.39 is 5.91 Å². The van der Waals surface area contributed by atoms with Gasteiger partial charge in [0, 0.05) is 32.1 Å². The van der Waals surface area contributed by atoms with Crippen LogP contribution in [0.15, 0.2) is 36.5 Å². The Kier molecular flexibility index (Phi) is 7.69. The zero-order chi connectivity index (χ0) is 23.3. The normalized spacial score (nSPS) is 17.9. The van der Waals surface area contributed by atoms with Crippen molar-refractivity contribution in [3.8, 4) is 5.75 Å². The first-order chi connectivity index (χ1) is 15.3. The number of amides is 3. The first kappa shape index (κ1) is 23.5. The van der Waals surface area contributed by atoms with Gasteiger partial charge in [-0.3, -0.25) is 14.4 Å². The van der Waals surface area contributed by atoms with Crippen LogP contribution in [-0.2, 0) is 9.59 Å². The van der Waals surface area contributed by atoms with Crippen molar-refractivity contribution in [2.45, 2.75) is 38.6 Å². The van der Waals surface area contributed by atoms with E-state index in [0.29, 0.717) is 35.1 Å². The molecule has 1 saturated carbocycles. The van der Waals surface area contributed by atoms with Crippen molar-refractivity contribution in [1.29, 1.82) is 0 Å². The highest BCUT2D eigenvalue weighted by Gasteiger charge is 2.29. The first-order valence-corrected chi connectivity index (χ1v) is 10.8. The Morgan fingerprint density at radius 3 is 2.41 bits per heavy atom. The highest BCUT2D eigenvalue weighted by atomic mass is 35.5. The number of nitrogens with zero attached hydrogens (tertiary/aromatic N) is 2. The van der Waals surface area contributed by atoms with Crippen molar-refractivity contribution in [3.63, 3.8) is 0 Å². The predicted octanol–water partition coefficient (Wildman–Crippen LogP) is 3.97. The fourth-order valence-corrected chi connectivity index (χ4v) is 3.91. The zero-order valence-corrected chi connectivity index (χ0v) is 19.1. The molecule has 1 heterocycles. The van der Waals surface area contributed by atoms with Gasteiger partial charge in [-0.2, -0.15) is 0 Å². The molecule has 1 aliphatic carbocycles. The number of hydrogen-bond donors (Lipinski definition) is 2. The molecule has 1 fully saturated rings. The number of hydrogen-bond acceptors (Lipinski definition) is 5. The molecule has 0 bridgehead atoms. The van der Waals surface area contributed by atoms with Gasteiger partial charge in [-0.05, 0) is 56.0 Å². The molecule has 3 amide bonds. The molecule has 2 aromatic rings. The summed E-state index contributed by atoms with van der Waals surface area (Å²) in [5, 5.41) is 6.06. The van der Waals surface area contributed by atoms with E-state index >= 15 is 0 Å². The summed E-state index contributed by atoms with van der Waals surface area (Å²) < 4.78 is 5.24. The van der Waals surface area contributed by atoms with Crippen LogP contribution in [0.3, 0.4) is 0 Å². The van der Waals surface area contributed by atoms with E-state index in [0.717, 1.165) is 12.8 Å². The lowest BCUT2D eigenvalue weighted by Gasteiger charge is -2.33. The molecular weight excluding hydrogens is 432 g/mol. The summed E-state index contributed by atoms with van der Waals surface area (Å²) in [7, 11) is 3.30. The van der Waals surface area contributed by atoms with Crippen molar-refractivity contribution in [1.82, 2.24) is 9.88 Å². The van der Waals surface area contributed by atoms with Gasteiger partial charge in [0.1, 0.15) is 11.6 Å². The summed E-state index contributed by atoms with van der Waals surface area (Å²) in [6.45, 7) is 1.55. The van der Waals surface area contributed by atoms with Crippen LogP contribution >= 0.6 is 11.6 Å². The SMILES string of the molecule is COc1ccc(NC(=O)[C@H]2CC[C@H](N(C)C(C)=O)CC2)c(C(=O)Nc2ccc(Cl)cn2)c1. The van der Waals surface area contributed by atoms with Crippen molar-refractivity contribution in [2.24, 2.45) is 5.92 Å². The van der Waals surface area contributed by atoms with Crippen LogP contribution in [-0.4, -0.2) is 47.8 Å². The van der Waals surface area contributed by atoms with Gasteiger partial charge in [0.05, 0.1) is 23.4 Å². The highest BCUT2D eigenvalue weighted by molar-refractivity contribution is 6.30. The Balaban J connectivity index is 1.71. The molecule has 8 nitrogen and oxygen atoms in total. The summed E-state index contributed by atoms with van der Waals surface area (Å²) in [6.07, 6.45) is 4.34. The number of halogens is 1. The second kappa shape index (κ2) is 10.5. The Hall–Kier alpha value is -3.13. The van der Waals surface area contributed by atoms with E-state index in [4.69, 9.17) is 16.3 Å². The zero-order valence-electron chi connectivity index (χ0n) is 18.4. The lowest BCUT2D eigenvalue weighted by molar-refractivity contribution is -0.130. The standard InChI is InChI=1S/C23H27ClN4O4/c1-14(29)28(2)17-7-4-15(5-8-17)22(30)26-20-10-9-18(32-3)12-19(20)23(31)27-21-11-6-16(24)13-25-21/h6,9-13,15,17H,4-5,7-8H2,1-3H3,(H,26,30)(H,25,27,31)/t15-,17-. The van der Waals surface area contributed by atoms with E-state index in [1.54, 1.807) is 49.2 Å². The molecule has 0 saturated heterocycles. The number of nitrogens with one attached hydrogen (secondary N) is 2.